The van der Waals surface area contributed by atoms with Gasteiger partial charge in [0.25, 0.3) is 6.43 Å². The van der Waals surface area contributed by atoms with Crippen LogP contribution in [0.25, 0.3) is 0 Å². The maximum Gasteiger partial charge on any atom is 0.279 e. The van der Waals surface area contributed by atoms with E-state index in [1.165, 1.54) is 6.07 Å². The predicted molar refractivity (Wildman–Crippen MR) is 44.6 cm³/mol. The van der Waals surface area contributed by atoms with Gasteiger partial charge in [-0.2, -0.15) is 5.26 Å². The SMILES string of the molecule is N#Cc1c(C(F)F)[nH]cc(CN)c1=O. The number of nitriles is 1. The summed E-state index contributed by atoms with van der Waals surface area (Å²) in [6.07, 6.45) is -1.77. The average molecular weight is 199 g/mol. The summed E-state index contributed by atoms with van der Waals surface area (Å²) < 4.78 is 24.6. The first kappa shape index (κ1) is 10.3. The Hall–Kier alpha value is -1.74. The van der Waals surface area contributed by atoms with Crippen LogP contribution in [0, 0.1) is 11.3 Å². The minimum Gasteiger partial charge on any atom is -0.359 e. The van der Waals surface area contributed by atoms with Crippen molar-refractivity contribution in [3.05, 3.63) is 33.2 Å². The highest BCUT2D eigenvalue weighted by Gasteiger charge is 2.17. The van der Waals surface area contributed by atoms with E-state index in [0.29, 0.717) is 0 Å². The number of alkyl halides is 2. The normalized spacial score (nSPS) is 10.2. The predicted octanol–water partition coefficient (Wildman–Crippen LogP) is 0.643. The van der Waals surface area contributed by atoms with Crippen LogP contribution in [0.5, 0.6) is 0 Å². The molecule has 0 aliphatic rings. The summed E-state index contributed by atoms with van der Waals surface area (Å²) in [6, 6.07) is 1.44. The van der Waals surface area contributed by atoms with Gasteiger partial charge in [0.2, 0.25) is 5.43 Å². The number of nitrogens with zero attached hydrogens (tertiary/aromatic N) is 1. The Bertz CT molecular complexity index is 433. The van der Waals surface area contributed by atoms with E-state index in [4.69, 9.17) is 11.0 Å². The molecular weight excluding hydrogens is 192 g/mol. The molecule has 74 valence electrons. The molecule has 0 fully saturated rings. The molecule has 1 aromatic rings. The molecule has 4 nitrogen and oxygen atoms in total. The molecule has 1 aromatic heterocycles. The van der Waals surface area contributed by atoms with Gasteiger partial charge < -0.3 is 10.7 Å². The largest absolute Gasteiger partial charge is 0.359 e. The highest BCUT2D eigenvalue weighted by molar-refractivity contribution is 5.36. The van der Waals surface area contributed by atoms with Gasteiger partial charge in [0.05, 0.1) is 0 Å². The number of halogens is 2. The monoisotopic (exact) mass is 199 g/mol. The van der Waals surface area contributed by atoms with Crippen LogP contribution in [0.4, 0.5) is 8.78 Å². The number of hydrogen-bond acceptors (Lipinski definition) is 3. The van der Waals surface area contributed by atoms with Gasteiger partial charge in [-0.25, -0.2) is 8.78 Å². The van der Waals surface area contributed by atoms with Crippen LogP contribution in [0.15, 0.2) is 11.0 Å². The lowest BCUT2D eigenvalue weighted by Crippen LogP contribution is -2.19. The Labute approximate surface area is 78.0 Å². The lowest BCUT2D eigenvalue weighted by atomic mass is 10.1. The Kier molecular flexibility index (Phi) is 2.94. The van der Waals surface area contributed by atoms with Gasteiger partial charge in [0, 0.05) is 18.3 Å². The van der Waals surface area contributed by atoms with Crippen LogP contribution in [-0.2, 0) is 6.54 Å². The Morgan fingerprint density at radius 1 is 1.64 bits per heavy atom. The summed E-state index contributed by atoms with van der Waals surface area (Å²) in [7, 11) is 0. The van der Waals surface area contributed by atoms with Crippen molar-refractivity contribution in [2.75, 3.05) is 0 Å². The third kappa shape index (κ3) is 1.63. The smallest absolute Gasteiger partial charge is 0.279 e. The van der Waals surface area contributed by atoms with Crippen molar-refractivity contribution in [2.45, 2.75) is 13.0 Å². The van der Waals surface area contributed by atoms with Crippen molar-refractivity contribution in [2.24, 2.45) is 5.73 Å². The van der Waals surface area contributed by atoms with Crippen molar-refractivity contribution in [1.29, 1.82) is 5.26 Å². The topological polar surface area (TPSA) is 82.7 Å². The quantitative estimate of drug-likeness (QED) is 0.733. The Morgan fingerprint density at radius 3 is 2.71 bits per heavy atom. The molecule has 0 saturated heterocycles. The van der Waals surface area contributed by atoms with E-state index in [1.807, 2.05) is 0 Å². The van der Waals surface area contributed by atoms with E-state index in [2.05, 4.69) is 4.98 Å². The van der Waals surface area contributed by atoms with Crippen molar-refractivity contribution < 1.29 is 8.78 Å². The summed E-state index contributed by atoms with van der Waals surface area (Å²) in [4.78, 5) is 13.5. The van der Waals surface area contributed by atoms with Crippen LogP contribution in [0.2, 0.25) is 0 Å². The van der Waals surface area contributed by atoms with Crippen LogP contribution >= 0.6 is 0 Å². The fourth-order valence-corrected chi connectivity index (χ4v) is 1.02. The molecule has 0 unspecified atom stereocenters. The lowest BCUT2D eigenvalue weighted by Gasteiger charge is -2.03. The fourth-order valence-electron chi connectivity index (χ4n) is 1.02. The van der Waals surface area contributed by atoms with Crippen molar-refractivity contribution in [3.8, 4) is 6.07 Å². The molecule has 0 aromatic carbocycles. The van der Waals surface area contributed by atoms with Gasteiger partial charge in [-0.1, -0.05) is 0 Å². The van der Waals surface area contributed by atoms with E-state index in [-0.39, 0.29) is 12.1 Å². The molecule has 0 saturated carbocycles. The van der Waals surface area contributed by atoms with E-state index in [9.17, 15) is 13.6 Å². The van der Waals surface area contributed by atoms with E-state index < -0.39 is 23.1 Å². The first-order valence-corrected chi connectivity index (χ1v) is 3.74. The molecular formula is C8H7F2N3O. The number of H-pyrrole nitrogens is 1. The second kappa shape index (κ2) is 3.98. The molecule has 0 bridgehead atoms. The number of aromatic nitrogens is 1. The van der Waals surface area contributed by atoms with E-state index >= 15 is 0 Å². The molecule has 0 aliphatic carbocycles. The lowest BCUT2D eigenvalue weighted by molar-refractivity contribution is 0.145. The van der Waals surface area contributed by atoms with Crippen LogP contribution in [-0.4, -0.2) is 4.98 Å². The van der Waals surface area contributed by atoms with E-state index in [1.54, 1.807) is 0 Å². The summed E-state index contributed by atoms with van der Waals surface area (Å²) in [6.45, 7) is -0.0898. The van der Waals surface area contributed by atoms with Gasteiger partial charge in [-0.15, -0.1) is 0 Å². The highest BCUT2D eigenvalue weighted by Crippen LogP contribution is 2.17. The molecule has 0 aliphatic heterocycles. The molecule has 1 rings (SSSR count). The average Bonchev–Trinajstić information content (AvgIpc) is 2.17. The molecule has 3 N–H and O–H groups in total. The third-order valence-electron chi connectivity index (χ3n) is 1.74. The molecule has 14 heavy (non-hydrogen) atoms. The Balaban J connectivity index is 3.46. The number of nitrogens with one attached hydrogen (secondary N) is 1. The first-order chi connectivity index (χ1) is 6.61. The van der Waals surface area contributed by atoms with Gasteiger partial charge in [0.1, 0.15) is 17.3 Å². The zero-order chi connectivity index (χ0) is 10.7. The van der Waals surface area contributed by atoms with Gasteiger partial charge in [-0.05, 0) is 0 Å². The van der Waals surface area contributed by atoms with Crippen molar-refractivity contribution in [1.82, 2.24) is 4.98 Å². The summed E-state index contributed by atoms with van der Waals surface area (Å²) >= 11 is 0. The molecule has 0 radical (unpaired) electrons. The minimum atomic E-state index is -2.87. The molecule has 6 heteroatoms. The van der Waals surface area contributed by atoms with Crippen LogP contribution in [0.3, 0.4) is 0 Å². The highest BCUT2D eigenvalue weighted by atomic mass is 19.3. The number of aromatic amines is 1. The fraction of sp³-hybridized carbons (Fsp3) is 0.250. The summed E-state index contributed by atoms with van der Waals surface area (Å²) in [5.41, 5.74) is 3.34. The second-order valence-corrected chi connectivity index (χ2v) is 2.55. The molecule has 0 atom stereocenters. The molecule has 1 heterocycles. The number of rotatable bonds is 2. The van der Waals surface area contributed by atoms with Gasteiger partial charge >= 0.3 is 0 Å². The maximum atomic E-state index is 12.3. The summed E-state index contributed by atoms with van der Waals surface area (Å²) in [5.74, 6) is 0. The number of pyridine rings is 1. The first-order valence-electron chi connectivity index (χ1n) is 3.74. The van der Waals surface area contributed by atoms with Gasteiger partial charge in [-0.3, -0.25) is 4.79 Å². The second-order valence-electron chi connectivity index (χ2n) is 2.55. The number of nitrogens with two attached hydrogens (primary N) is 1. The molecule has 0 amide bonds. The van der Waals surface area contributed by atoms with Crippen LogP contribution in [0.1, 0.15) is 23.2 Å². The number of hydrogen-bond donors (Lipinski definition) is 2. The minimum absolute atomic E-state index is 0.0898. The van der Waals surface area contributed by atoms with Crippen molar-refractivity contribution in [3.63, 3.8) is 0 Å². The zero-order valence-corrected chi connectivity index (χ0v) is 7.05. The van der Waals surface area contributed by atoms with E-state index in [0.717, 1.165) is 6.20 Å². The summed E-state index contributed by atoms with van der Waals surface area (Å²) in [5, 5.41) is 8.52. The van der Waals surface area contributed by atoms with Gasteiger partial charge in [0.15, 0.2) is 0 Å². The zero-order valence-electron chi connectivity index (χ0n) is 7.05. The maximum absolute atomic E-state index is 12.3. The standard InChI is InChI=1S/C8H7F2N3O/c9-8(10)6-5(2-12)7(14)4(1-11)3-13-6/h3,8H,1,11H2,(H,13,14). The van der Waals surface area contributed by atoms with Crippen molar-refractivity contribution >= 4 is 0 Å². The third-order valence-corrected chi connectivity index (χ3v) is 1.74. The Morgan fingerprint density at radius 2 is 2.29 bits per heavy atom. The molecule has 0 spiro atoms. The van der Waals surface area contributed by atoms with Crippen LogP contribution < -0.4 is 11.2 Å².